The van der Waals surface area contributed by atoms with Gasteiger partial charge in [-0.25, -0.2) is 0 Å². The third-order valence-corrected chi connectivity index (χ3v) is 3.86. The van der Waals surface area contributed by atoms with Crippen LogP contribution in [0.1, 0.15) is 44.2 Å². The van der Waals surface area contributed by atoms with Crippen molar-refractivity contribution in [1.29, 1.82) is 0 Å². The Morgan fingerprint density at radius 1 is 0.800 bits per heavy atom. The summed E-state index contributed by atoms with van der Waals surface area (Å²) in [5, 5.41) is 0. The van der Waals surface area contributed by atoms with E-state index in [-0.39, 0.29) is 22.4 Å². The quantitative estimate of drug-likeness (QED) is 0.352. The minimum absolute atomic E-state index is 0. The second kappa shape index (κ2) is 13.6. The molecule has 0 N–H and O–H groups in total. The molecule has 1 heterocycles. The molecule has 0 spiro atoms. The number of unbranched alkanes of at least 4 members (excludes halogenated alkanes) is 1. The summed E-state index contributed by atoms with van der Waals surface area (Å²) in [7, 11) is 0. The van der Waals surface area contributed by atoms with Crippen LogP contribution in [0.25, 0.3) is 0 Å². The average Bonchev–Trinajstić information content (AvgIpc) is 3.04. The normalized spacial score (nSPS) is 12.2. The third-order valence-electron chi connectivity index (χ3n) is 3.86. The molecule has 1 aliphatic heterocycles. The van der Waals surface area contributed by atoms with Crippen LogP contribution < -0.4 is 9.47 Å². The molecule has 0 amide bonds. The summed E-state index contributed by atoms with van der Waals surface area (Å²) >= 11 is 0. The van der Waals surface area contributed by atoms with Crippen LogP contribution in [0.2, 0.25) is 0 Å². The minimum Gasteiger partial charge on any atom is -0.454 e. The molecule has 0 saturated carbocycles. The van der Waals surface area contributed by atoms with Gasteiger partial charge >= 0.3 is 0 Å². The van der Waals surface area contributed by atoms with E-state index < -0.39 is 0 Å². The van der Waals surface area contributed by atoms with Crippen LogP contribution in [-0.2, 0) is 49.6 Å². The van der Waals surface area contributed by atoms with Crippen molar-refractivity contribution >= 4 is 0 Å². The van der Waals surface area contributed by atoms with Crippen LogP contribution in [0, 0.1) is 0 Å². The van der Waals surface area contributed by atoms with Gasteiger partial charge in [0.1, 0.15) is 0 Å². The summed E-state index contributed by atoms with van der Waals surface area (Å²) in [6, 6.07) is 4.12. The van der Waals surface area contributed by atoms with E-state index in [1.165, 1.54) is 11.1 Å². The number of benzene rings is 1. The van der Waals surface area contributed by atoms with Crippen LogP contribution in [0.4, 0.5) is 0 Å². The second-order valence-electron chi connectivity index (χ2n) is 5.86. The van der Waals surface area contributed by atoms with E-state index in [4.69, 9.17) is 23.7 Å². The Bertz CT molecular complexity index is 481. The molecule has 6 heteroatoms. The van der Waals surface area contributed by atoms with Gasteiger partial charge in [-0.15, -0.1) is 0 Å². The van der Waals surface area contributed by atoms with Crippen LogP contribution in [0.5, 0.6) is 11.5 Å². The molecule has 25 heavy (non-hydrogen) atoms. The molecule has 0 aromatic heterocycles. The zero-order chi connectivity index (χ0) is 17.0. The Kier molecular flexibility index (Phi) is 12.2. The average molecular weight is 431 g/mol. The molecular weight excluding hydrogens is 401 g/mol. The Morgan fingerprint density at radius 3 is 2.04 bits per heavy atom. The first-order valence-corrected chi connectivity index (χ1v) is 8.99. The Balaban J connectivity index is 0.00000312. The summed E-state index contributed by atoms with van der Waals surface area (Å²) in [5.74, 6) is 1.66. The van der Waals surface area contributed by atoms with Crippen LogP contribution in [-0.4, -0.2) is 39.8 Å². The van der Waals surface area contributed by atoms with Gasteiger partial charge in [-0.2, -0.15) is 0 Å². The van der Waals surface area contributed by atoms with E-state index >= 15 is 0 Å². The number of hydrogen-bond acceptors (Lipinski definition) is 5. The summed E-state index contributed by atoms with van der Waals surface area (Å²) in [6.07, 6.45) is 4.38. The van der Waals surface area contributed by atoms with Gasteiger partial charge in [-0.3, -0.25) is 0 Å². The maximum absolute atomic E-state index is 5.75. The predicted molar refractivity (Wildman–Crippen MR) is 92.8 cm³/mol. The molecular formula is C19H30NbO5. The molecule has 0 bridgehead atoms. The maximum Gasteiger partial charge on any atom is 0.231 e. The van der Waals surface area contributed by atoms with Crippen molar-refractivity contribution in [2.75, 3.05) is 39.8 Å². The van der Waals surface area contributed by atoms with Crippen molar-refractivity contribution in [2.45, 2.75) is 46.1 Å². The Hall–Kier alpha value is -0.560. The summed E-state index contributed by atoms with van der Waals surface area (Å²) in [5.41, 5.74) is 2.44. The molecule has 141 valence electrons. The molecule has 5 nitrogen and oxygen atoms in total. The largest absolute Gasteiger partial charge is 0.454 e. The fourth-order valence-electron chi connectivity index (χ4n) is 2.53. The fraction of sp³-hybridized carbons (Fsp3) is 0.684. The zero-order valence-corrected chi connectivity index (χ0v) is 17.6. The van der Waals surface area contributed by atoms with Gasteiger partial charge in [0.05, 0.1) is 33.0 Å². The third kappa shape index (κ3) is 8.11. The monoisotopic (exact) mass is 431 g/mol. The number of fused-ring (bicyclic) bond motifs is 1. The van der Waals surface area contributed by atoms with Crippen LogP contribution in [0.3, 0.4) is 0 Å². The topological polar surface area (TPSA) is 46.2 Å². The van der Waals surface area contributed by atoms with E-state index in [9.17, 15) is 0 Å². The van der Waals surface area contributed by atoms with E-state index in [1.807, 2.05) is 6.07 Å². The number of hydrogen-bond donors (Lipinski definition) is 0. The fourth-order valence-corrected chi connectivity index (χ4v) is 2.53. The molecule has 0 saturated heterocycles. The predicted octanol–water partition coefficient (Wildman–Crippen LogP) is 3.72. The van der Waals surface area contributed by atoms with Crippen molar-refractivity contribution in [3.8, 4) is 11.5 Å². The molecule has 0 fully saturated rings. The minimum atomic E-state index is 0. The van der Waals surface area contributed by atoms with Gasteiger partial charge in [0.15, 0.2) is 11.5 Å². The maximum atomic E-state index is 5.75. The first-order chi connectivity index (χ1) is 11.8. The first-order valence-electron chi connectivity index (χ1n) is 8.99. The second-order valence-corrected chi connectivity index (χ2v) is 5.86. The van der Waals surface area contributed by atoms with E-state index in [0.717, 1.165) is 43.8 Å². The zero-order valence-electron chi connectivity index (χ0n) is 15.4. The van der Waals surface area contributed by atoms with Crippen molar-refractivity contribution in [1.82, 2.24) is 0 Å². The summed E-state index contributed by atoms with van der Waals surface area (Å²) < 4.78 is 27.6. The standard InChI is InChI=1S/C19H30O5.Nb/c1-3-5-7-20-8-9-21-10-11-22-14-17-13-19-18(23-15-24-19)12-16(17)6-4-2;/h12-13H,3-11,14-15H2,1-2H3;. The summed E-state index contributed by atoms with van der Waals surface area (Å²) in [6.45, 7) is 8.47. The molecule has 2 rings (SSSR count). The smallest absolute Gasteiger partial charge is 0.231 e. The van der Waals surface area contributed by atoms with Crippen molar-refractivity contribution in [3.63, 3.8) is 0 Å². The summed E-state index contributed by atoms with van der Waals surface area (Å²) in [4.78, 5) is 0. The van der Waals surface area contributed by atoms with Gasteiger partial charge < -0.3 is 23.7 Å². The Labute approximate surface area is 166 Å². The molecule has 0 unspecified atom stereocenters. The van der Waals surface area contributed by atoms with Gasteiger partial charge in [-0.05, 0) is 36.1 Å². The van der Waals surface area contributed by atoms with Crippen LogP contribution in [0.15, 0.2) is 12.1 Å². The number of ether oxygens (including phenoxy) is 5. The molecule has 1 aliphatic rings. The molecule has 1 aromatic rings. The van der Waals surface area contributed by atoms with Gasteiger partial charge in [0, 0.05) is 29.0 Å². The number of aryl methyl sites for hydroxylation is 1. The van der Waals surface area contributed by atoms with E-state index in [0.29, 0.717) is 39.8 Å². The Morgan fingerprint density at radius 2 is 1.40 bits per heavy atom. The van der Waals surface area contributed by atoms with E-state index in [2.05, 4.69) is 19.9 Å². The van der Waals surface area contributed by atoms with Crippen molar-refractivity contribution in [2.24, 2.45) is 0 Å². The van der Waals surface area contributed by atoms with Gasteiger partial charge in [0.2, 0.25) is 6.79 Å². The molecule has 1 radical (unpaired) electrons. The molecule has 1 aromatic carbocycles. The number of rotatable bonds is 13. The van der Waals surface area contributed by atoms with Crippen molar-refractivity contribution < 1.29 is 46.1 Å². The first kappa shape index (κ1) is 22.5. The van der Waals surface area contributed by atoms with E-state index in [1.54, 1.807) is 0 Å². The molecule has 0 aliphatic carbocycles. The molecule has 0 atom stereocenters. The van der Waals surface area contributed by atoms with Gasteiger partial charge in [0.25, 0.3) is 0 Å². The SMILES string of the molecule is CCCCOCCOCCOCc1cc2c(cc1CCC)OCO2.[Nb]. The van der Waals surface area contributed by atoms with Crippen molar-refractivity contribution in [3.05, 3.63) is 23.3 Å². The van der Waals surface area contributed by atoms with Crippen LogP contribution >= 0.6 is 0 Å². The van der Waals surface area contributed by atoms with Gasteiger partial charge in [-0.1, -0.05) is 26.7 Å².